The summed E-state index contributed by atoms with van der Waals surface area (Å²) in [5.74, 6) is 0.913. The summed E-state index contributed by atoms with van der Waals surface area (Å²) < 4.78 is 26.6. The number of hydrogen-bond donors (Lipinski definition) is 1. The molecule has 1 rings (SSSR count). The van der Waals surface area contributed by atoms with E-state index in [1.165, 1.54) is 12.1 Å². The summed E-state index contributed by atoms with van der Waals surface area (Å²) in [5.41, 5.74) is 0.686. The molecule has 0 aromatic heterocycles. The van der Waals surface area contributed by atoms with Crippen LogP contribution in [-0.4, -0.2) is 27.0 Å². The number of aryl methyl sites for hydroxylation is 1. The summed E-state index contributed by atoms with van der Waals surface area (Å²) in [7, 11) is -3.56. The molecule has 0 spiro atoms. The summed E-state index contributed by atoms with van der Waals surface area (Å²) in [6.07, 6.45) is 2.76. The summed E-state index contributed by atoms with van der Waals surface area (Å²) in [6, 6.07) is 2.94. The van der Waals surface area contributed by atoms with Crippen LogP contribution in [0.1, 0.15) is 12.0 Å². The molecule has 0 saturated heterocycles. The maximum Gasteiger partial charge on any atom is 0.242 e. The van der Waals surface area contributed by atoms with Crippen LogP contribution in [0.15, 0.2) is 17.0 Å². The quantitative estimate of drug-likeness (QED) is 0.815. The smallest absolute Gasteiger partial charge is 0.211 e. The van der Waals surface area contributed by atoms with Gasteiger partial charge in [0.25, 0.3) is 0 Å². The van der Waals surface area contributed by atoms with Crippen LogP contribution in [-0.2, 0) is 10.0 Å². The number of benzene rings is 1. The van der Waals surface area contributed by atoms with Gasteiger partial charge in [-0.2, -0.15) is 11.8 Å². The molecule has 0 aliphatic heterocycles. The van der Waals surface area contributed by atoms with Crippen LogP contribution < -0.4 is 4.72 Å². The second-order valence-corrected chi connectivity index (χ2v) is 7.31. The first-order chi connectivity index (χ1) is 8.38. The fraction of sp³-hybridized carbons (Fsp3) is 0.455. The van der Waals surface area contributed by atoms with E-state index in [0.29, 0.717) is 17.1 Å². The number of sulfonamides is 1. The summed E-state index contributed by atoms with van der Waals surface area (Å²) in [6.45, 7) is 2.15. The van der Waals surface area contributed by atoms with Gasteiger partial charge in [-0.05, 0) is 43.0 Å². The molecule has 1 aromatic rings. The van der Waals surface area contributed by atoms with Gasteiger partial charge in [-0.1, -0.05) is 23.2 Å². The molecule has 0 fully saturated rings. The topological polar surface area (TPSA) is 46.2 Å². The molecule has 0 saturated carbocycles. The van der Waals surface area contributed by atoms with Crippen molar-refractivity contribution in [1.82, 2.24) is 4.72 Å². The van der Waals surface area contributed by atoms with Crippen molar-refractivity contribution >= 4 is 45.0 Å². The highest BCUT2D eigenvalue weighted by Gasteiger charge is 2.18. The lowest BCUT2D eigenvalue weighted by Crippen LogP contribution is -2.25. The van der Waals surface area contributed by atoms with E-state index in [1.54, 1.807) is 18.7 Å². The van der Waals surface area contributed by atoms with Crippen LogP contribution in [0.4, 0.5) is 0 Å². The van der Waals surface area contributed by atoms with Gasteiger partial charge in [0.2, 0.25) is 10.0 Å². The average Bonchev–Trinajstić information content (AvgIpc) is 2.29. The van der Waals surface area contributed by atoms with E-state index >= 15 is 0 Å². The maximum atomic E-state index is 12.0. The van der Waals surface area contributed by atoms with Gasteiger partial charge in [0.05, 0.1) is 5.02 Å². The molecule has 0 heterocycles. The fourth-order valence-corrected chi connectivity index (χ4v) is 3.67. The van der Waals surface area contributed by atoms with E-state index < -0.39 is 10.0 Å². The third-order valence-electron chi connectivity index (χ3n) is 2.32. The van der Waals surface area contributed by atoms with Gasteiger partial charge in [-0.25, -0.2) is 13.1 Å². The molecule has 0 aliphatic rings. The fourth-order valence-electron chi connectivity index (χ4n) is 1.34. The Labute approximate surface area is 122 Å². The molecular weight excluding hydrogens is 313 g/mol. The summed E-state index contributed by atoms with van der Waals surface area (Å²) >= 11 is 13.5. The first-order valence-electron chi connectivity index (χ1n) is 5.32. The normalized spacial score (nSPS) is 11.8. The van der Waals surface area contributed by atoms with Crippen LogP contribution in [0.25, 0.3) is 0 Å². The molecule has 0 amide bonds. The molecular formula is C11H15Cl2NO2S2. The molecule has 102 valence electrons. The van der Waals surface area contributed by atoms with E-state index in [2.05, 4.69) is 4.72 Å². The third-order valence-corrected chi connectivity index (χ3v) is 5.35. The SMILES string of the molecule is CSCCCNS(=O)(=O)c1cc(C)c(Cl)cc1Cl. The molecule has 0 bridgehead atoms. The van der Waals surface area contributed by atoms with E-state index in [-0.39, 0.29) is 9.92 Å². The van der Waals surface area contributed by atoms with Crippen molar-refractivity contribution < 1.29 is 8.42 Å². The number of thioether (sulfide) groups is 1. The number of nitrogens with one attached hydrogen (secondary N) is 1. The summed E-state index contributed by atoms with van der Waals surface area (Å²) in [4.78, 5) is 0.0789. The lowest BCUT2D eigenvalue weighted by atomic mass is 10.2. The average molecular weight is 328 g/mol. The minimum Gasteiger partial charge on any atom is -0.211 e. The van der Waals surface area contributed by atoms with E-state index in [0.717, 1.165) is 12.2 Å². The van der Waals surface area contributed by atoms with Gasteiger partial charge in [0.1, 0.15) is 4.90 Å². The van der Waals surface area contributed by atoms with Crippen molar-refractivity contribution in [2.24, 2.45) is 0 Å². The number of rotatable bonds is 6. The van der Waals surface area contributed by atoms with Gasteiger partial charge < -0.3 is 0 Å². The lowest BCUT2D eigenvalue weighted by Gasteiger charge is -2.09. The zero-order chi connectivity index (χ0) is 13.8. The van der Waals surface area contributed by atoms with Crippen molar-refractivity contribution in [3.63, 3.8) is 0 Å². The van der Waals surface area contributed by atoms with Crippen molar-refractivity contribution in [3.05, 3.63) is 27.7 Å². The van der Waals surface area contributed by atoms with Crippen LogP contribution in [0, 0.1) is 6.92 Å². The Bertz CT molecular complexity index is 518. The minimum atomic E-state index is -3.56. The zero-order valence-corrected chi connectivity index (χ0v) is 13.3. The third kappa shape index (κ3) is 4.31. The Morgan fingerprint density at radius 1 is 1.28 bits per heavy atom. The Balaban J connectivity index is 2.88. The monoisotopic (exact) mass is 327 g/mol. The molecule has 0 unspecified atom stereocenters. The van der Waals surface area contributed by atoms with E-state index in [1.807, 2.05) is 6.26 Å². The first-order valence-corrected chi connectivity index (χ1v) is 8.96. The van der Waals surface area contributed by atoms with Crippen LogP contribution >= 0.6 is 35.0 Å². The van der Waals surface area contributed by atoms with E-state index in [9.17, 15) is 8.42 Å². The standard InChI is InChI=1S/C11H15Cl2NO2S2/c1-8-6-11(10(13)7-9(8)12)18(15,16)14-4-3-5-17-2/h6-7,14H,3-5H2,1-2H3. The highest BCUT2D eigenvalue weighted by molar-refractivity contribution is 7.98. The molecule has 0 aliphatic carbocycles. The van der Waals surface area contributed by atoms with E-state index in [4.69, 9.17) is 23.2 Å². The van der Waals surface area contributed by atoms with Gasteiger partial charge in [-0.15, -0.1) is 0 Å². The predicted octanol–water partition coefficient (Wildman–Crippen LogP) is 3.33. The molecule has 0 atom stereocenters. The number of halogens is 2. The van der Waals surface area contributed by atoms with Crippen molar-refractivity contribution in [1.29, 1.82) is 0 Å². The molecule has 1 aromatic carbocycles. The molecule has 1 N–H and O–H groups in total. The van der Waals surface area contributed by atoms with Crippen LogP contribution in [0.3, 0.4) is 0 Å². The van der Waals surface area contributed by atoms with Gasteiger partial charge in [-0.3, -0.25) is 0 Å². The van der Waals surface area contributed by atoms with Gasteiger partial charge in [0, 0.05) is 11.6 Å². The Hall–Kier alpha value is 0.0600. The molecule has 3 nitrogen and oxygen atoms in total. The highest BCUT2D eigenvalue weighted by Crippen LogP contribution is 2.27. The Morgan fingerprint density at radius 3 is 2.56 bits per heavy atom. The minimum absolute atomic E-state index is 0.0789. The first kappa shape index (κ1) is 16.1. The lowest BCUT2D eigenvalue weighted by molar-refractivity contribution is 0.581. The van der Waals surface area contributed by atoms with Gasteiger partial charge >= 0.3 is 0 Å². The maximum absolute atomic E-state index is 12.0. The van der Waals surface area contributed by atoms with Crippen LogP contribution in [0.5, 0.6) is 0 Å². The molecule has 0 radical (unpaired) electrons. The van der Waals surface area contributed by atoms with Crippen molar-refractivity contribution in [2.45, 2.75) is 18.2 Å². The second kappa shape index (κ2) is 7.01. The largest absolute Gasteiger partial charge is 0.242 e. The van der Waals surface area contributed by atoms with Crippen LogP contribution in [0.2, 0.25) is 10.0 Å². The zero-order valence-electron chi connectivity index (χ0n) is 10.2. The molecule has 18 heavy (non-hydrogen) atoms. The van der Waals surface area contributed by atoms with Crippen molar-refractivity contribution in [3.8, 4) is 0 Å². The number of hydrogen-bond acceptors (Lipinski definition) is 3. The molecule has 7 heteroatoms. The van der Waals surface area contributed by atoms with Gasteiger partial charge in [0.15, 0.2) is 0 Å². The Kier molecular flexibility index (Phi) is 6.27. The predicted molar refractivity (Wildman–Crippen MR) is 79.4 cm³/mol. The van der Waals surface area contributed by atoms with Crippen molar-refractivity contribution in [2.75, 3.05) is 18.6 Å². The summed E-state index contributed by atoms with van der Waals surface area (Å²) in [5, 5.41) is 0.601. The highest BCUT2D eigenvalue weighted by atomic mass is 35.5. The Morgan fingerprint density at radius 2 is 1.94 bits per heavy atom. The second-order valence-electron chi connectivity index (χ2n) is 3.78.